The molecule has 10 heteroatoms. The van der Waals surface area contributed by atoms with E-state index in [1.54, 1.807) is 7.05 Å². The summed E-state index contributed by atoms with van der Waals surface area (Å²) < 4.78 is 10.7. The van der Waals surface area contributed by atoms with Crippen LogP contribution in [0, 0.1) is 16.0 Å². The quantitative estimate of drug-likeness (QED) is 0.272. The van der Waals surface area contributed by atoms with Crippen molar-refractivity contribution < 1.29 is 24.0 Å². The number of non-ortho nitro benzene ring substituents is 1. The van der Waals surface area contributed by atoms with Crippen molar-refractivity contribution in [3.8, 4) is 5.75 Å². The van der Waals surface area contributed by atoms with Gasteiger partial charge >= 0.3 is 12.2 Å². The Kier molecular flexibility index (Phi) is 10.1. The lowest BCUT2D eigenvalue weighted by atomic mass is 9.85. The molecule has 0 saturated heterocycles. The lowest BCUT2D eigenvalue weighted by Gasteiger charge is -2.29. The minimum atomic E-state index is -1.30. The van der Waals surface area contributed by atoms with Gasteiger partial charge in [0.05, 0.1) is 17.6 Å². The maximum absolute atomic E-state index is 12.5. The molecule has 0 bridgehead atoms. The molecule has 2 amide bonds. The van der Waals surface area contributed by atoms with Crippen molar-refractivity contribution >= 4 is 25.9 Å². The SMILES string of the molecule is CN(CC(CC1CCCCC1)NC(=O)Oc1ccc([N+](=O)[O-])cc1)C(=O)OCC[Si](C)(C)C. The standard InChI is InChI=1S/C23H37N3O6Si/c1-25(23(28)31-14-15-33(2,3)4)17-19(16-18-8-6-5-7-9-18)24-22(27)32-21-12-10-20(11-13-21)26(29)30/h10-13,18-19H,5-9,14-17H2,1-4H3,(H,24,27). The van der Waals surface area contributed by atoms with Crippen LogP contribution in [0.3, 0.4) is 0 Å². The molecule has 1 aliphatic rings. The normalized spacial score (nSPS) is 15.4. The first kappa shape index (κ1) is 26.6. The molecule has 1 unspecified atom stereocenters. The molecule has 1 atom stereocenters. The van der Waals surface area contributed by atoms with Crippen LogP contribution in [0.1, 0.15) is 38.5 Å². The molecule has 0 radical (unpaired) electrons. The van der Waals surface area contributed by atoms with E-state index in [9.17, 15) is 19.7 Å². The van der Waals surface area contributed by atoms with Gasteiger partial charge in [-0.05, 0) is 30.5 Å². The fourth-order valence-corrected chi connectivity index (χ4v) is 4.62. The predicted octanol–water partition coefficient (Wildman–Crippen LogP) is 5.43. The van der Waals surface area contributed by atoms with Crippen LogP contribution in [0.25, 0.3) is 0 Å². The Morgan fingerprint density at radius 3 is 2.39 bits per heavy atom. The van der Waals surface area contributed by atoms with Crippen molar-refractivity contribution in [1.29, 1.82) is 0 Å². The molecule has 9 nitrogen and oxygen atoms in total. The second kappa shape index (κ2) is 12.6. The van der Waals surface area contributed by atoms with Gasteiger partial charge in [-0.1, -0.05) is 51.7 Å². The highest BCUT2D eigenvalue weighted by molar-refractivity contribution is 6.76. The summed E-state index contributed by atoms with van der Waals surface area (Å²) in [6.07, 6.45) is 5.53. The average molecular weight is 480 g/mol. The molecule has 1 fully saturated rings. The first-order valence-corrected chi connectivity index (χ1v) is 15.3. The third-order valence-electron chi connectivity index (χ3n) is 5.81. The molecule has 184 valence electrons. The van der Waals surface area contributed by atoms with Crippen molar-refractivity contribution in [2.75, 3.05) is 20.2 Å². The summed E-state index contributed by atoms with van der Waals surface area (Å²) in [6.45, 7) is 7.40. The van der Waals surface area contributed by atoms with Crippen LogP contribution in [0.2, 0.25) is 25.7 Å². The Balaban J connectivity index is 1.94. The molecule has 33 heavy (non-hydrogen) atoms. The maximum Gasteiger partial charge on any atom is 0.412 e. The van der Waals surface area contributed by atoms with Gasteiger partial charge in [-0.3, -0.25) is 10.1 Å². The summed E-state index contributed by atoms with van der Waals surface area (Å²) in [5.74, 6) is 0.702. The summed E-state index contributed by atoms with van der Waals surface area (Å²) >= 11 is 0. The number of nitrogens with one attached hydrogen (secondary N) is 1. The number of ether oxygens (including phenoxy) is 2. The summed E-state index contributed by atoms with van der Waals surface area (Å²) in [7, 11) is 0.379. The second-order valence-corrected chi connectivity index (χ2v) is 15.6. The molecule has 0 spiro atoms. The van der Waals surface area contributed by atoms with E-state index in [2.05, 4.69) is 25.0 Å². The number of amides is 2. The number of nitrogens with zero attached hydrogens (tertiary/aromatic N) is 2. The van der Waals surface area contributed by atoms with E-state index in [-0.39, 0.29) is 17.5 Å². The van der Waals surface area contributed by atoms with Gasteiger partial charge in [0.2, 0.25) is 0 Å². The highest BCUT2D eigenvalue weighted by atomic mass is 28.3. The smallest absolute Gasteiger partial charge is 0.412 e. The minimum absolute atomic E-state index is 0.0767. The number of hydrogen-bond donors (Lipinski definition) is 1. The maximum atomic E-state index is 12.5. The van der Waals surface area contributed by atoms with E-state index in [1.165, 1.54) is 48.4 Å². The zero-order chi connectivity index (χ0) is 24.4. The number of carbonyl (C=O) groups excluding carboxylic acids is 2. The topological polar surface area (TPSA) is 111 Å². The van der Waals surface area contributed by atoms with Gasteiger partial charge in [0, 0.05) is 33.8 Å². The fraction of sp³-hybridized carbons (Fsp3) is 0.652. The molecule has 0 aromatic heterocycles. The number of carbonyl (C=O) groups is 2. The van der Waals surface area contributed by atoms with Crippen LogP contribution in [0.15, 0.2) is 24.3 Å². The molecular weight excluding hydrogens is 442 g/mol. The molecule has 2 rings (SSSR count). The third kappa shape index (κ3) is 10.2. The Morgan fingerprint density at radius 2 is 1.82 bits per heavy atom. The van der Waals surface area contributed by atoms with Crippen molar-refractivity contribution in [2.45, 2.75) is 70.3 Å². The van der Waals surface area contributed by atoms with Crippen LogP contribution in [0.4, 0.5) is 15.3 Å². The zero-order valence-electron chi connectivity index (χ0n) is 20.2. The van der Waals surface area contributed by atoms with Crippen LogP contribution in [0.5, 0.6) is 5.75 Å². The van der Waals surface area contributed by atoms with Gasteiger partial charge in [0.1, 0.15) is 5.75 Å². The molecule has 1 aromatic carbocycles. The molecular formula is C23H37N3O6Si. The largest absolute Gasteiger partial charge is 0.450 e. The predicted molar refractivity (Wildman–Crippen MR) is 129 cm³/mol. The Hall–Kier alpha value is -2.62. The third-order valence-corrected chi connectivity index (χ3v) is 7.51. The van der Waals surface area contributed by atoms with E-state index in [0.29, 0.717) is 19.1 Å². The van der Waals surface area contributed by atoms with Crippen molar-refractivity contribution in [3.63, 3.8) is 0 Å². The van der Waals surface area contributed by atoms with Crippen molar-refractivity contribution in [3.05, 3.63) is 34.4 Å². The lowest BCUT2D eigenvalue weighted by molar-refractivity contribution is -0.384. The lowest BCUT2D eigenvalue weighted by Crippen LogP contribution is -2.46. The summed E-state index contributed by atoms with van der Waals surface area (Å²) in [5.41, 5.74) is -0.0767. The van der Waals surface area contributed by atoms with Gasteiger partial charge in [-0.25, -0.2) is 9.59 Å². The number of nitro benzene ring substituents is 1. The van der Waals surface area contributed by atoms with Gasteiger partial charge in [0.15, 0.2) is 0 Å². The van der Waals surface area contributed by atoms with Crippen molar-refractivity contribution in [2.24, 2.45) is 5.92 Å². The summed E-state index contributed by atoms with van der Waals surface area (Å²) in [5, 5.41) is 13.7. The number of likely N-dealkylation sites (N-methyl/N-ethyl adjacent to an activating group) is 1. The first-order valence-electron chi connectivity index (χ1n) is 11.6. The Labute approximate surface area is 197 Å². The highest BCUT2D eigenvalue weighted by Crippen LogP contribution is 2.27. The van der Waals surface area contributed by atoms with Gasteiger partial charge < -0.3 is 19.7 Å². The van der Waals surface area contributed by atoms with E-state index >= 15 is 0 Å². The molecule has 1 aliphatic carbocycles. The molecule has 1 saturated carbocycles. The summed E-state index contributed by atoms with van der Waals surface area (Å²) in [4.78, 5) is 36.7. The fourth-order valence-electron chi connectivity index (χ4n) is 3.90. The van der Waals surface area contributed by atoms with Crippen LogP contribution in [-0.2, 0) is 4.74 Å². The molecule has 0 aliphatic heterocycles. The van der Waals surface area contributed by atoms with Gasteiger partial charge in [-0.15, -0.1) is 0 Å². The van der Waals surface area contributed by atoms with Crippen LogP contribution in [-0.4, -0.2) is 56.3 Å². The van der Waals surface area contributed by atoms with Crippen LogP contribution < -0.4 is 10.1 Å². The number of nitro groups is 1. The van der Waals surface area contributed by atoms with E-state index in [1.807, 2.05) is 0 Å². The second-order valence-electron chi connectivity index (χ2n) is 10.0. The zero-order valence-corrected chi connectivity index (χ0v) is 21.2. The van der Waals surface area contributed by atoms with E-state index in [0.717, 1.165) is 25.3 Å². The van der Waals surface area contributed by atoms with E-state index < -0.39 is 25.2 Å². The van der Waals surface area contributed by atoms with Gasteiger partial charge in [-0.2, -0.15) is 0 Å². The number of benzene rings is 1. The highest BCUT2D eigenvalue weighted by Gasteiger charge is 2.25. The molecule has 1 aromatic rings. The Morgan fingerprint density at radius 1 is 1.18 bits per heavy atom. The van der Waals surface area contributed by atoms with Crippen LogP contribution >= 0.6 is 0 Å². The Bertz CT molecular complexity index is 790. The monoisotopic (exact) mass is 479 g/mol. The van der Waals surface area contributed by atoms with Crippen molar-refractivity contribution in [1.82, 2.24) is 10.2 Å². The first-order chi connectivity index (χ1) is 15.5. The number of hydrogen-bond acceptors (Lipinski definition) is 6. The minimum Gasteiger partial charge on any atom is -0.450 e. The molecule has 0 heterocycles. The van der Waals surface area contributed by atoms with E-state index in [4.69, 9.17) is 9.47 Å². The molecule has 1 N–H and O–H groups in total. The number of rotatable bonds is 10. The average Bonchev–Trinajstić information content (AvgIpc) is 2.73. The summed E-state index contributed by atoms with van der Waals surface area (Å²) in [6, 6.07) is 5.95. The van der Waals surface area contributed by atoms with Gasteiger partial charge in [0.25, 0.3) is 5.69 Å².